The molecule has 27 heavy (non-hydrogen) atoms. The van der Waals surface area contributed by atoms with Crippen LogP contribution in [0.5, 0.6) is 0 Å². The second-order valence-electron chi connectivity index (χ2n) is 6.13. The summed E-state index contributed by atoms with van der Waals surface area (Å²) in [6, 6.07) is 14.1. The van der Waals surface area contributed by atoms with E-state index in [2.05, 4.69) is 34.5 Å². The third-order valence-corrected chi connectivity index (χ3v) is 5.82. The number of carbonyl (C=O) groups excluding carboxylic acids is 1. The zero-order valence-corrected chi connectivity index (χ0v) is 16.4. The molecule has 0 radical (unpaired) electrons. The number of amides is 1. The number of rotatable bonds is 6. The van der Waals surface area contributed by atoms with Gasteiger partial charge in [-0.3, -0.25) is 4.79 Å². The first kappa shape index (κ1) is 17.6. The van der Waals surface area contributed by atoms with Gasteiger partial charge in [0, 0.05) is 22.9 Å². The number of nitrogens with one attached hydrogen (secondary N) is 1. The van der Waals surface area contributed by atoms with Crippen molar-refractivity contribution in [3.8, 4) is 16.3 Å². The van der Waals surface area contributed by atoms with E-state index >= 15 is 0 Å². The SMILES string of the molecule is Cc1ccc(-c2csc(NC(=O)CCc3cnn(-c4ccccc4)c3)n2)s1. The van der Waals surface area contributed by atoms with Crippen LogP contribution in [0.2, 0.25) is 0 Å². The molecule has 0 spiro atoms. The van der Waals surface area contributed by atoms with Gasteiger partial charge in [0.25, 0.3) is 0 Å². The molecule has 0 aliphatic rings. The fourth-order valence-corrected chi connectivity index (χ4v) is 4.30. The Balaban J connectivity index is 1.33. The van der Waals surface area contributed by atoms with Gasteiger partial charge in [0.1, 0.15) is 0 Å². The van der Waals surface area contributed by atoms with Gasteiger partial charge in [-0.1, -0.05) is 18.2 Å². The predicted octanol–water partition coefficient (Wildman–Crippen LogP) is 4.94. The summed E-state index contributed by atoms with van der Waals surface area (Å²) in [5.74, 6) is -0.0364. The lowest BCUT2D eigenvalue weighted by atomic mass is 10.2. The summed E-state index contributed by atoms with van der Waals surface area (Å²) in [5, 5.41) is 9.87. The average molecular weight is 395 g/mol. The van der Waals surface area contributed by atoms with Gasteiger partial charge in [-0.2, -0.15) is 5.10 Å². The number of thiophene rings is 1. The molecule has 1 amide bonds. The number of hydrogen-bond acceptors (Lipinski definition) is 5. The quantitative estimate of drug-likeness (QED) is 0.504. The van der Waals surface area contributed by atoms with Crippen molar-refractivity contribution >= 4 is 33.7 Å². The van der Waals surface area contributed by atoms with Gasteiger partial charge < -0.3 is 5.32 Å². The van der Waals surface area contributed by atoms with Crippen LogP contribution in [-0.4, -0.2) is 20.7 Å². The number of carbonyl (C=O) groups is 1. The van der Waals surface area contributed by atoms with Crippen molar-refractivity contribution < 1.29 is 4.79 Å². The zero-order valence-electron chi connectivity index (χ0n) is 14.8. The van der Waals surface area contributed by atoms with Crippen LogP contribution in [0.4, 0.5) is 5.13 Å². The topological polar surface area (TPSA) is 59.8 Å². The first-order valence-electron chi connectivity index (χ1n) is 8.58. The average Bonchev–Trinajstić information content (AvgIpc) is 3.41. The van der Waals surface area contributed by atoms with Crippen LogP contribution in [0.25, 0.3) is 16.3 Å². The molecule has 4 aromatic rings. The number of para-hydroxylation sites is 1. The number of aromatic nitrogens is 3. The van der Waals surface area contributed by atoms with Gasteiger partial charge in [0.05, 0.1) is 22.5 Å². The van der Waals surface area contributed by atoms with Crippen molar-refractivity contribution in [2.75, 3.05) is 5.32 Å². The maximum Gasteiger partial charge on any atom is 0.226 e. The highest BCUT2D eigenvalue weighted by Gasteiger charge is 2.10. The molecule has 0 atom stereocenters. The van der Waals surface area contributed by atoms with E-state index in [0.29, 0.717) is 18.0 Å². The van der Waals surface area contributed by atoms with Gasteiger partial charge in [-0.25, -0.2) is 9.67 Å². The summed E-state index contributed by atoms with van der Waals surface area (Å²) in [6.07, 6.45) is 4.80. The minimum atomic E-state index is -0.0364. The molecule has 0 aliphatic heterocycles. The van der Waals surface area contributed by atoms with Gasteiger partial charge in [0.15, 0.2) is 5.13 Å². The molecule has 5 nitrogen and oxygen atoms in total. The van der Waals surface area contributed by atoms with Crippen LogP contribution in [0.15, 0.2) is 60.2 Å². The molecule has 1 aromatic carbocycles. The first-order valence-corrected chi connectivity index (χ1v) is 10.3. The van der Waals surface area contributed by atoms with E-state index < -0.39 is 0 Å². The lowest BCUT2D eigenvalue weighted by Gasteiger charge is -2.01. The van der Waals surface area contributed by atoms with Gasteiger partial charge in [-0.15, -0.1) is 22.7 Å². The Labute approximate surface area is 165 Å². The normalized spacial score (nSPS) is 10.9. The van der Waals surface area contributed by atoms with Crippen LogP contribution in [-0.2, 0) is 11.2 Å². The second kappa shape index (κ2) is 7.85. The smallest absolute Gasteiger partial charge is 0.226 e. The number of aryl methyl sites for hydroxylation is 2. The van der Waals surface area contributed by atoms with Crippen molar-refractivity contribution in [3.05, 3.63) is 70.7 Å². The summed E-state index contributed by atoms with van der Waals surface area (Å²) >= 11 is 3.16. The second-order valence-corrected chi connectivity index (χ2v) is 8.27. The molecule has 136 valence electrons. The van der Waals surface area contributed by atoms with E-state index in [9.17, 15) is 4.79 Å². The zero-order chi connectivity index (χ0) is 18.6. The molecule has 1 N–H and O–H groups in total. The van der Waals surface area contributed by atoms with Crippen LogP contribution in [0, 0.1) is 6.92 Å². The third kappa shape index (κ3) is 4.32. The monoisotopic (exact) mass is 394 g/mol. The van der Waals surface area contributed by atoms with Crippen molar-refractivity contribution in [2.24, 2.45) is 0 Å². The van der Waals surface area contributed by atoms with Crippen LogP contribution >= 0.6 is 22.7 Å². The van der Waals surface area contributed by atoms with Crippen molar-refractivity contribution in [1.82, 2.24) is 14.8 Å². The Bertz CT molecular complexity index is 1050. The summed E-state index contributed by atoms with van der Waals surface area (Å²) in [5.41, 5.74) is 2.95. The van der Waals surface area contributed by atoms with E-state index in [1.165, 1.54) is 16.2 Å². The molecule has 3 heterocycles. The number of nitrogens with zero attached hydrogens (tertiary/aromatic N) is 3. The van der Waals surface area contributed by atoms with E-state index in [0.717, 1.165) is 21.8 Å². The molecule has 0 bridgehead atoms. The van der Waals surface area contributed by atoms with E-state index in [1.54, 1.807) is 17.5 Å². The molecule has 4 rings (SSSR count). The molecule has 0 saturated heterocycles. The van der Waals surface area contributed by atoms with Crippen molar-refractivity contribution in [1.29, 1.82) is 0 Å². The summed E-state index contributed by atoms with van der Waals surface area (Å²) in [6.45, 7) is 2.07. The molecule has 0 aliphatic carbocycles. The van der Waals surface area contributed by atoms with Crippen LogP contribution < -0.4 is 5.32 Å². The Hall–Kier alpha value is -2.77. The third-order valence-electron chi connectivity index (χ3n) is 4.04. The van der Waals surface area contributed by atoms with E-state index in [-0.39, 0.29) is 5.91 Å². The first-order chi connectivity index (χ1) is 13.2. The van der Waals surface area contributed by atoms with Gasteiger partial charge in [-0.05, 0) is 43.2 Å². The highest BCUT2D eigenvalue weighted by atomic mass is 32.1. The summed E-state index contributed by atoms with van der Waals surface area (Å²) < 4.78 is 1.82. The van der Waals surface area contributed by atoms with Gasteiger partial charge in [0.2, 0.25) is 5.91 Å². The minimum Gasteiger partial charge on any atom is -0.302 e. The largest absolute Gasteiger partial charge is 0.302 e. The van der Waals surface area contributed by atoms with Crippen molar-refractivity contribution in [2.45, 2.75) is 19.8 Å². The maximum absolute atomic E-state index is 12.2. The van der Waals surface area contributed by atoms with Crippen LogP contribution in [0.1, 0.15) is 16.9 Å². The van der Waals surface area contributed by atoms with Crippen LogP contribution in [0.3, 0.4) is 0 Å². The molecular weight excluding hydrogens is 376 g/mol. The highest BCUT2D eigenvalue weighted by molar-refractivity contribution is 7.17. The molecule has 3 aromatic heterocycles. The number of hydrogen-bond donors (Lipinski definition) is 1. The Morgan fingerprint density at radius 2 is 2.04 bits per heavy atom. The Morgan fingerprint density at radius 3 is 2.81 bits per heavy atom. The number of benzene rings is 1. The lowest BCUT2D eigenvalue weighted by molar-refractivity contribution is -0.116. The maximum atomic E-state index is 12.2. The Morgan fingerprint density at radius 1 is 1.19 bits per heavy atom. The molecule has 0 unspecified atom stereocenters. The van der Waals surface area contributed by atoms with Gasteiger partial charge >= 0.3 is 0 Å². The van der Waals surface area contributed by atoms with Crippen molar-refractivity contribution in [3.63, 3.8) is 0 Å². The fraction of sp³-hybridized carbons (Fsp3) is 0.150. The lowest BCUT2D eigenvalue weighted by Crippen LogP contribution is -2.11. The molecule has 7 heteroatoms. The van der Waals surface area contributed by atoms with E-state index in [1.807, 2.05) is 46.6 Å². The predicted molar refractivity (Wildman–Crippen MR) is 111 cm³/mol. The summed E-state index contributed by atoms with van der Waals surface area (Å²) in [7, 11) is 0. The highest BCUT2D eigenvalue weighted by Crippen LogP contribution is 2.30. The standard InChI is InChI=1S/C20H18N4OS2/c1-14-7-9-18(27-14)17-13-26-20(22-17)23-19(25)10-8-15-11-21-24(12-15)16-5-3-2-4-6-16/h2-7,9,11-13H,8,10H2,1H3,(H,22,23,25). The number of anilines is 1. The molecule has 0 saturated carbocycles. The summed E-state index contributed by atoms with van der Waals surface area (Å²) in [4.78, 5) is 19.1. The Kier molecular flexibility index (Phi) is 5.13. The van der Waals surface area contributed by atoms with E-state index in [4.69, 9.17) is 0 Å². The fourth-order valence-electron chi connectivity index (χ4n) is 2.67. The number of thiazole rings is 1. The minimum absolute atomic E-state index is 0.0364. The molecular formula is C20H18N4OS2. The molecule has 0 fully saturated rings.